The Morgan fingerprint density at radius 1 is 1.38 bits per heavy atom. The number of amides is 3. The second-order valence-corrected chi connectivity index (χ2v) is 8.40. The lowest BCUT2D eigenvalue weighted by Gasteiger charge is -2.30. The lowest BCUT2D eigenvalue weighted by molar-refractivity contribution is -0.145. The van der Waals surface area contributed by atoms with Gasteiger partial charge in [0.1, 0.15) is 18.1 Å². The van der Waals surface area contributed by atoms with Crippen LogP contribution >= 0.6 is 12.6 Å². The van der Waals surface area contributed by atoms with E-state index in [2.05, 4.69) is 33.2 Å². The average molecular weight is 469 g/mol. The number of nitrogens with zero attached hydrogens (tertiary/aromatic N) is 2. The topological polar surface area (TPSA) is 171 Å². The van der Waals surface area contributed by atoms with Crippen LogP contribution in [-0.4, -0.2) is 80.1 Å². The van der Waals surface area contributed by atoms with Crippen molar-refractivity contribution in [2.75, 3.05) is 12.3 Å². The Balaban J connectivity index is 2.02. The number of nitrogens with one attached hydrogen (secondary N) is 3. The number of thiol groups is 1. The molecule has 3 amide bonds. The van der Waals surface area contributed by atoms with Crippen LogP contribution in [0.1, 0.15) is 38.8 Å². The summed E-state index contributed by atoms with van der Waals surface area (Å²) in [6.45, 7) is 3.92. The Hall–Kier alpha value is -2.60. The molecule has 0 radical (unpaired) electrons. The molecule has 11 nitrogen and oxygen atoms in total. The lowest BCUT2D eigenvalue weighted by Crippen LogP contribution is -2.58. The molecule has 0 saturated carbocycles. The Morgan fingerprint density at radius 3 is 2.66 bits per heavy atom. The second kappa shape index (κ2) is 11.9. The molecule has 1 aromatic heterocycles. The second-order valence-electron chi connectivity index (χ2n) is 8.03. The molecule has 32 heavy (non-hydrogen) atoms. The fraction of sp³-hybridized carbons (Fsp3) is 0.650. The smallest absolute Gasteiger partial charge is 0.326 e. The summed E-state index contributed by atoms with van der Waals surface area (Å²) in [5, 5.41) is 14.6. The number of aromatic amines is 1. The third kappa shape index (κ3) is 6.45. The van der Waals surface area contributed by atoms with Crippen LogP contribution in [0.5, 0.6) is 0 Å². The molecule has 0 aromatic carbocycles. The Labute approximate surface area is 192 Å². The standard InChI is InChI=1S/C20H32N6O5S/c1-3-11(2)16(20(30)31)25-18(28)15-5-4-6-26(15)19(29)14(9-32)24-17(27)13(21)7-12-8-22-10-23-12/h8,10-11,13-16,32H,3-7,9,21H2,1-2H3,(H,22,23)(H,24,27)(H,25,28)(H,30,31)/t11-,13-,14-,15-,16-/m0/s1. The van der Waals surface area contributed by atoms with Gasteiger partial charge in [0.25, 0.3) is 0 Å². The molecule has 2 heterocycles. The molecule has 1 aliphatic heterocycles. The minimum atomic E-state index is -1.12. The number of aromatic nitrogens is 2. The van der Waals surface area contributed by atoms with E-state index < -0.39 is 47.9 Å². The van der Waals surface area contributed by atoms with Gasteiger partial charge in [-0.05, 0) is 18.8 Å². The Bertz CT molecular complexity index is 804. The fourth-order valence-corrected chi connectivity index (χ4v) is 3.87. The summed E-state index contributed by atoms with van der Waals surface area (Å²) in [6.07, 6.45) is 4.85. The molecule has 0 unspecified atom stereocenters. The molecule has 1 saturated heterocycles. The van der Waals surface area contributed by atoms with Crippen molar-refractivity contribution in [1.82, 2.24) is 25.5 Å². The zero-order valence-corrected chi connectivity index (χ0v) is 19.2. The molecule has 178 valence electrons. The largest absolute Gasteiger partial charge is 0.480 e. The molecule has 2 rings (SSSR count). The van der Waals surface area contributed by atoms with Crippen molar-refractivity contribution in [2.24, 2.45) is 11.7 Å². The number of aliphatic carboxylic acids is 1. The Morgan fingerprint density at radius 2 is 2.09 bits per heavy atom. The maximum absolute atomic E-state index is 13.1. The van der Waals surface area contributed by atoms with Crippen molar-refractivity contribution in [1.29, 1.82) is 0 Å². The molecular weight excluding hydrogens is 436 g/mol. The van der Waals surface area contributed by atoms with Gasteiger partial charge in [-0.1, -0.05) is 20.3 Å². The minimum Gasteiger partial charge on any atom is -0.480 e. The molecule has 12 heteroatoms. The molecular formula is C20H32N6O5S. The van der Waals surface area contributed by atoms with Crippen LogP contribution in [0.2, 0.25) is 0 Å². The Kier molecular flexibility index (Phi) is 9.51. The number of carbonyl (C=O) groups excluding carboxylic acids is 3. The van der Waals surface area contributed by atoms with Gasteiger partial charge in [-0.25, -0.2) is 9.78 Å². The van der Waals surface area contributed by atoms with Crippen molar-refractivity contribution in [2.45, 2.75) is 63.7 Å². The predicted octanol–water partition coefficient (Wildman–Crippen LogP) is -0.699. The molecule has 1 aromatic rings. The van der Waals surface area contributed by atoms with Crippen molar-refractivity contribution in [3.05, 3.63) is 18.2 Å². The van der Waals surface area contributed by atoms with Crippen LogP contribution in [0.4, 0.5) is 0 Å². The summed E-state index contributed by atoms with van der Waals surface area (Å²) in [5.41, 5.74) is 6.62. The van der Waals surface area contributed by atoms with E-state index in [9.17, 15) is 24.3 Å². The van der Waals surface area contributed by atoms with Gasteiger partial charge in [0.15, 0.2) is 0 Å². The highest BCUT2D eigenvalue weighted by molar-refractivity contribution is 7.80. The fourth-order valence-electron chi connectivity index (χ4n) is 3.63. The van der Waals surface area contributed by atoms with Gasteiger partial charge in [0, 0.05) is 30.6 Å². The van der Waals surface area contributed by atoms with Crippen LogP contribution in [0.25, 0.3) is 0 Å². The summed E-state index contributed by atoms with van der Waals surface area (Å²) < 4.78 is 0. The number of hydrogen-bond acceptors (Lipinski definition) is 7. The third-order valence-corrected chi connectivity index (χ3v) is 6.11. The summed E-state index contributed by atoms with van der Waals surface area (Å²) >= 11 is 4.19. The number of carboxylic acid groups (broad SMARTS) is 1. The molecule has 0 spiro atoms. The summed E-state index contributed by atoms with van der Waals surface area (Å²) in [6, 6.07) is -3.69. The van der Waals surface area contributed by atoms with E-state index in [4.69, 9.17) is 5.73 Å². The first-order valence-electron chi connectivity index (χ1n) is 10.7. The van der Waals surface area contributed by atoms with Crippen LogP contribution < -0.4 is 16.4 Å². The van der Waals surface area contributed by atoms with E-state index in [1.807, 2.05) is 6.92 Å². The first-order chi connectivity index (χ1) is 15.2. The van der Waals surface area contributed by atoms with Crippen molar-refractivity contribution in [3.8, 4) is 0 Å². The number of hydrogen-bond donors (Lipinski definition) is 6. The molecule has 0 bridgehead atoms. The van der Waals surface area contributed by atoms with Crippen molar-refractivity contribution < 1.29 is 24.3 Å². The first kappa shape index (κ1) is 25.7. The van der Waals surface area contributed by atoms with Gasteiger partial charge in [-0.3, -0.25) is 14.4 Å². The van der Waals surface area contributed by atoms with E-state index >= 15 is 0 Å². The predicted molar refractivity (Wildman–Crippen MR) is 120 cm³/mol. The van der Waals surface area contributed by atoms with Crippen molar-refractivity contribution in [3.63, 3.8) is 0 Å². The van der Waals surface area contributed by atoms with Gasteiger partial charge < -0.3 is 31.4 Å². The third-order valence-electron chi connectivity index (χ3n) is 5.74. The number of likely N-dealkylation sites (tertiary alicyclic amines) is 1. The van der Waals surface area contributed by atoms with Gasteiger partial charge in [0.2, 0.25) is 17.7 Å². The number of carbonyl (C=O) groups is 4. The molecule has 5 atom stereocenters. The highest BCUT2D eigenvalue weighted by atomic mass is 32.1. The van der Waals surface area contributed by atoms with Crippen LogP contribution in [0.3, 0.4) is 0 Å². The van der Waals surface area contributed by atoms with Crippen LogP contribution in [-0.2, 0) is 25.6 Å². The van der Waals surface area contributed by atoms with Gasteiger partial charge in [-0.2, -0.15) is 12.6 Å². The maximum Gasteiger partial charge on any atom is 0.326 e. The zero-order chi connectivity index (χ0) is 23.8. The van der Waals surface area contributed by atoms with E-state index in [-0.39, 0.29) is 18.1 Å². The SMILES string of the molecule is CC[C@H](C)[C@H](NC(=O)[C@@H]1CCCN1C(=O)[C@H](CS)NC(=O)[C@@H](N)Cc1cnc[nH]1)C(=O)O. The lowest BCUT2D eigenvalue weighted by atomic mass is 9.98. The van der Waals surface area contributed by atoms with Crippen molar-refractivity contribution >= 4 is 36.3 Å². The maximum atomic E-state index is 13.1. The minimum absolute atomic E-state index is 0.0246. The van der Waals surface area contributed by atoms with Gasteiger partial charge >= 0.3 is 5.97 Å². The average Bonchev–Trinajstić information content (AvgIpc) is 3.46. The van der Waals surface area contributed by atoms with E-state index in [1.165, 1.54) is 11.2 Å². The summed E-state index contributed by atoms with van der Waals surface area (Å²) in [5.74, 6) is -2.83. The monoisotopic (exact) mass is 468 g/mol. The first-order valence-corrected chi connectivity index (χ1v) is 11.3. The van der Waals surface area contributed by atoms with E-state index in [0.29, 0.717) is 31.5 Å². The summed E-state index contributed by atoms with van der Waals surface area (Å²) in [4.78, 5) is 58.0. The molecule has 1 fully saturated rings. The number of H-pyrrole nitrogens is 1. The van der Waals surface area contributed by atoms with E-state index in [1.54, 1.807) is 13.1 Å². The molecule has 1 aliphatic rings. The summed E-state index contributed by atoms with van der Waals surface area (Å²) in [7, 11) is 0. The quantitative estimate of drug-likeness (QED) is 0.233. The highest BCUT2D eigenvalue weighted by Crippen LogP contribution is 2.20. The van der Waals surface area contributed by atoms with Gasteiger partial charge in [-0.15, -0.1) is 0 Å². The number of imidazole rings is 1. The molecule has 6 N–H and O–H groups in total. The normalized spacial score (nSPS) is 19.6. The number of carboxylic acids is 1. The number of nitrogens with two attached hydrogens (primary N) is 1. The van der Waals surface area contributed by atoms with Gasteiger partial charge in [0.05, 0.1) is 12.4 Å². The number of rotatable bonds is 11. The van der Waals surface area contributed by atoms with Crippen LogP contribution in [0, 0.1) is 5.92 Å². The van der Waals surface area contributed by atoms with E-state index in [0.717, 1.165) is 0 Å². The molecule has 0 aliphatic carbocycles. The zero-order valence-electron chi connectivity index (χ0n) is 18.3. The highest BCUT2D eigenvalue weighted by Gasteiger charge is 2.39. The van der Waals surface area contributed by atoms with Crippen LogP contribution in [0.15, 0.2) is 12.5 Å².